The van der Waals surface area contributed by atoms with E-state index in [1.54, 1.807) is 24.1 Å². The molecule has 0 saturated carbocycles. The zero-order chi connectivity index (χ0) is 17.9. The molecule has 0 spiro atoms. The Labute approximate surface area is 148 Å². The number of rotatable bonds is 5. The fraction of sp³-hybridized carbons (Fsp3) is 0.111. The summed E-state index contributed by atoms with van der Waals surface area (Å²) in [5, 5.41) is 12.0. The van der Waals surface area contributed by atoms with Crippen LogP contribution in [0, 0.1) is 5.82 Å². The van der Waals surface area contributed by atoms with Gasteiger partial charge in [0.15, 0.2) is 5.69 Å². The minimum atomic E-state index is -0.289. The van der Waals surface area contributed by atoms with Crippen LogP contribution < -0.4 is 4.74 Å². The number of benzene rings is 2. The van der Waals surface area contributed by atoms with E-state index in [1.165, 1.54) is 12.1 Å². The summed E-state index contributed by atoms with van der Waals surface area (Å²) < 4.78 is 25.5. The van der Waals surface area contributed by atoms with Crippen LogP contribution >= 0.6 is 0 Å². The maximum atomic E-state index is 13.3. The summed E-state index contributed by atoms with van der Waals surface area (Å²) in [6.45, 7) is 0.391. The van der Waals surface area contributed by atoms with E-state index in [0.717, 1.165) is 5.56 Å². The van der Waals surface area contributed by atoms with E-state index in [9.17, 15) is 4.39 Å². The van der Waals surface area contributed by atoms with Crippen molar-refractivity contribution in [2.75, 3.05) is 7.11 Å². The second-order valence-electron chi connectivity index (χ2n) is 5.55. The van der Waals surface area contributed by atoms with Gasteiger partial charge in [-0.25, -0.2) is 9.07 Å². The molecule has 2 aromatic heterocycles. The summed E-state index contributed by atoms with van der Waals surface area (Å²) in [5.74, 6) is 0.994. The van der Waals surface area contributed by atoms with Gasteiger partial charge < -0.3 is 9.26 Å². The summed E-state index contributed by atoms with van der Waals surface area (Å²) >= 11 is 0. The highest BCUT2D eigenvalue weighted by molar-refractivity contribution is 5.64. The molecule has 0 saturated heterocycles. The van der Waals surface area contributed by atoms with Crippen LogP contribution in [-0.2, 0) is 6.54 Å². The first kappa shape index (κ1) is 15.9. The number of para-hydroxylation sites is 1. The smallest absolute Gasteiger partial charge is 0.262 e. The van der Waals surface area contributed by atoms with E-state index >= 15 is 0 Å². The van der Waals surface area contributed by atoms with Gasteiger partial charge in [-0.3, -0.25) is 0 Å². The molecule has 0 N–H and O–H groups in total. The standard InChI is InChI=1S/C18H14FN5O2/c1-25-16-8-3-2-7-14(16)18-20-17(22-26-18)15-11-24(23-21-15)10-12-5-4-6-13(19)9-12/h2-9,11H,10H2,1H3. The minimum absolute atomic E-state index is 0.289. The van der Waals surface area contributed by atoms with Gasteiger partial charge in [-0.1, -0.05) is 34.6 Å². The Morgan fingerprint density at radius 3 is 2.88 bits per heavy atom. The third-order valence-electron chi connectivity index (χ3n) is 3.76. The number of hydrogen-bond acceptors (Lipinski definition) is 6. The highest BCUT2D eigenvalue weighted by Crippen LogP contribution is 2.29. The van der Waals surface area contributed by atoms with E-state index < -0.39 is 0 Å². The average molecular weight is 351 g/mol. The van der Waals surface area contributed by atoms with Crippen LogP contribution in [0.4, 0.5) is 4.39 Å². The molecular formula is C18H14FN5O2. The number of ether oxygens (including phenoxy) is 1. The monoisotopic (exact) mass is 351 g/mol. The fourth-order valence-electron chi connectivity index (χ4n) is 2.56. The molecule has 26 heavy (non-hydrogen) atoms. The highest BCUT2D eigenvalue weighted by Gasteiger charge is 2.16. The van der Waals surface area contributed by atoms with Crippen molar-refractivity contribution in [2.24, 2.45) is 0 Å². The molecular weight excluding hydrogens is 337 g/mol. The Hall–Kier alpha value is -3.55. The van der Waals surface area contributed by atoms with Crippen LogP contribution in [0.5, 0.6) is 5.75 Å². The van der Waals surface area contributed by atoms with E-state index in [-0.39, 0.29) is 5.82 Å². The van der Waals surface area contributed by atoms with Gasteiger partial charge >= 0.3 is 0 Å². The minimum Gasteiger partial charge on any atom is -0.496 e. The van der Waals surface area contributed by atoms with Gasteiger partial charge in [0.05, 0.1) is 25.4 Å². The van der Waals surface area contributed by atoms with E-state index in [0.29, 0.717) is 35.3 Å². The predicted molar refractivity (Wildman–Crippen MR) is 90.8 cm³/mol. The zero-order valence-corrected chi connectivity index (χ0v) is 13.8. The molecule has 0 radical (unpaired) electrons. The van der Waals surface area contributed by atoms with Gasteiger partial charge in [-0.05, 0) is 29.8 Å². The molecule has 0 aliphatic rings. The van der Waals surface area contributed by atoms with Crippen molar-refractivity contribution >= 4 is 0 Å². The second kappa shape index (κ2) is 6.75. The normalized spacial score (nSPS) is 10.8. The zero-order valence-electron chi connectivity index (χ0n) is 13.8. The first-order valence-corrected chi connectivity index (χ1v) is 7.85. The first-order valence-electron chi connectivity index (χ1n) is 7.85. The molecule has 4 aromatic rings. The van der Waals surface area contributed by atoms with Gasteiger partial charge in [0.2, 0.25) is 5.82 Å². The third kappa shape index (κ3) is 3.16. The van der Waals surface area contributed by atoms with Gasteiger partial charge in [-0.15, -0.1) is 5.10 Å². The summed E-state index contributed by atoms with van der Waals surface area (Å²) in [4.78, 5) is 4.36. The molecule has 4 rings (SSSR count). The van der Waals surface area contributed by atoms with Crippen molar-refractivity contribution in [2.45, 2.75) is 6.54 Å². The van der Waals surface area contributed by atoms with Crippen molar-refractivity contribution in [3.8, 4) is 28.7 Å². The lowest BCUT2D eigenvalue weighted by molar-refractivity contribution is 0.405. The average Bonchev–Trinajstić information content (AvgIpc) is 3.31. The van der Waals surface area contributed by atoms with Gasteiger partial charge in [0.1, 0.15) is 11.6 Å². The third-order valence-corrected chi connectivity index (χ3v) is 3.76. The van der Waals surface area contributed by atoms with Crippen LogP contribution in [0.15, 0.2) is 59.3 Å². The molecule has 0 unspecified atom stereocenters. The fourth-order valence-corrected chi connectivity index (χ4v) is 2.56. The molecule has 0 aliphatic heterocycles. The Kier molecular flexibility index (Phi) is 4.14. The summed E-state index contributed by atoms with van der Waals surface area (Å²) in [7, 11) is 1.58. The van der Waals surface area contributed by atoms with Gasteiger partial charge in [0.25, 0.3) is 5.89 Å². The molecule has 2 aromatic carbocycles. The van der Waals surface area contributed by atoms with E-state index in [1.807, 2.05) is 30.3 Å². The molecule has 2 heterocycles. The number of halogens is 1. The first-order chi connectivity index (χ1) is 12.7. The lowest BCUT2D eigenvalue weighted by Crippen LogP contribution is -2.00. The van der Waals surface area contributed by atoms with Crippen molar-refractivity contribution in [3.05, 3.63) is 66.1 Å². The number of methoxy groups -OCH3 is 1. The summed E-state index contributed by atoms with van der Waals surface area (Å²) in [6, 6.07) is 13.7. The van der Waals surface area contributed by atoms with Crippen molar-refractivity contribution in [1.82, 2.24) is 25.1 Å². The van der Waals surface area contributed by atoms with E-state index in [4.69, 9.17) is 9.26 Å². The van der Waals surface area contributed by atoms with Crippen LogP contribution in [0.2, 0.25) is 0 Å². The number of hydrogen-bond donors (Lipinski definition) is 0. The lowest BCUT2D eigenvalue weighted by atomic mass is 10.2. The molecule has 0 bridgehead atoms. The molecule has 0 amide bonds. The van der Waals surface area contributed by atoms with Crippen molar-refractivity contribution in [3.63, 3.8) is 0 Å². The SMILES string of the molecule is COc1ccccc1-c1nc(-c2cn(Cc3cccc(F)c3)nn2)no1. The number of aromatic nitrogens is 5. The predicted octanol–water partition coefficient (Wildman–Crippen LogP) is 3.19. The Morgan fingerprint density at radius 2 is 2.04 bits per heavy atom. The molecule has 0 fully saturated rings. The highest BCUT2D eigenvalue weighted by atomic mass is 19.1. The van der Waals surface area contributed by atoms with E-state index in [2.05, 4.69) is 20.5 Å². The van der Waals surface area contributed by atoms with Crippen LogP contribution in [0.1, 0.15) is 5.56 Å². The Morgan fingerprint density at radius 1 is 1.15 bits per heavy atom. The molecule has 8 heteroatoms. The van der Waals surface area contributed by atoms with Gasteiger partial charge in [-0.2, -0.15) is 4.98 Å². The summed E-state index contributed by atoms with van der Waals surface area (Å²) in [5.41, 5.74) is 1.94. The molecule has 130 valence electrons. The molecule has 0 atom stereocenters. The van der Waals surface area contributed by atoms with Crippen LogP contribution in [-0.4, -0.2) is 32.2 Å². The molecule has 0 aliphatic carbocycles. The van der Waals surface area contributed by atoms with Crippen molar-refractivity contribution < 1.29 is 13.7 Å². The van der Waals surface area contributed by atoms with Crippen molar-refractivity contribution in [1.29, 1.82) is 0 Å². The Bertz CT molecular complexity index is 1040. The second-order valence-corrected chi connectivity index (χ2v) is 5.55. The van der Waals surface area contributed by atoms with Crippen LogP contribution in [0.3, 0.4) is 0 Å². The number of nitrogens with zero attached hydrogens (tertiary/aromatic N) is 5. The van der Waals surface area contributed by atoms with Crippen LogP contribution in [0.25, 0.3) is 23.0 Å². The maximum Gasteiger partial charge on any atom is 0.262 e. The quantitative estimate of drug-likeness (QED) is 0.549. The maximum absolute atomic E-state index is 13.3. The lowest BCUT2D eigenvalue weighted by Gasteiger charge is -2.02. The summed E-state index contributed by atoms with van der Waals surface area (Å²) in [6.07, 6.45) is 1.68. The molecule has 7 nitrogen and oxygen atoms in total. The topological polar surface area (TPSA) is 78.9 Å². The van der Waals surface area contributed by atoms with Gasteiger partial charge in [0, 0.05) is 0 Å². The largest absolute Gasteiger partial charge is 0.496 e. The Balaban J connectivity index is 1.58.